The number of rotatable bonds is 5. The minimum absolute atomic E-state index is 0.422. The molecule has 0 aromatic heterocycles. The Morgan fingerprint density at radius 1 is 1.55 bits per heavy atom. The van der Waals surface area contributed by atoms with Crippen molar-refractivity contribution in [3.8, 4) is 0 Å². The zero-order valence-corrected chi connectivity index (χ0v) is 16.5. The highest BCUT2D eigenvalue weighted by molar-refractivity contribution is 14.1. The summed E-state index contributed by atoms with van der Waals surface area (Å²) in [5.74, 6) is 0. The number of nitrogens with one attached hydrogen (secondary N) is 2. The van der Waals surface area contributed by atoms with E-state index in [1.807, 2.05) is 18.0 Å². The van der Waals surface area contributed by atoms with Crippen LogP contribution in [0.1, 0.15) is 26.2 Å². The van der Waals surface area contributed by atoms with Crippen LogP contribution in [0.4, 0.5) is 0 Å². The second-order valence-corrected chi connectivity index (χ2v) is 8.97. The van der Waals surface area contributed by atoms with E-state index in [4.69, 9.17) is 5.41 Å². The van der Waals surface area contributed by atoms with E-state index >= 15 is 0 Å². The van der Waals surface area contributed by atoms with Gasteiger partial charge in [0.2, 0.25) is 0 Å². The molecule has 0 aromatic carbocycles. The molecule has 0 radical (unpaired) electrons. The van der Waals surface area contributed by atoms with Crippen molar-refractivity contribution in [1.29, 1.82) is 5.41 Å². The third-order valence-corrected chi connectivity index (χ3v) is 7.93. The van der Waals surface area contributed by atoms with Crippen LogP contribution in [-0.4, -0.2) is 15.5 Å². The number of halogens is 2. The van der Waals surface area contributed by atoms with Crippen LogP contribution in [-0.2, 0) is 0 Å². The van der Waals surface area contributed by atoms with Crippen LogP contribution in [0, 0.1) is 5.41 Å². The molecule has 2 N–H and O–H groups in total. The third-order valence-electron chi connectivity index (χ3n) is 3.34. The van der Waals surface area contributed by atoms with Gasteiger partial charge in [-0.3, -0.25) is 0 Å². The van der Waals surface area contributed by atoms with Gasteiger partial charge in [-0.1, -0.05) is 34.2 Å². The lowest BCUT2D eigenvalue weighted by molar-refractivity contribution is 0.803. The molecule has 0 aromatic rings. The van der Waals surface area contributed by atoms with Crippen molar-refractivity contribution in [3.05, 3.63) is 44.1 Å². The first-order valence-electron chi connectivity index (χ1n) is 6.57. The Bertz CT molecular complexity index is 506. The summed E-state index contributed by atoms with van der Waals surface area (Å²) in [7, 11) is 0. The molecule has 2 nitrogen and oxygen atoms in total. The quantitative estimate of drug-likeness (QED) is 0.298. The summed E-state index contributed by atoms with van der Waals surface area (Å²) < 4.78 is 2.12. The van der Waals surface area contributed by atoms with E-state index in [0.29, 0.717) is 9.30 Å². The van der Waals surface area contributed by atoms with Gasteiger partial charge in [-0.2, -0.15) is 0 Å². The average Bonchev–Trinajstić information content (AvgIpc) is 2.84. The lowest BCUT2D eigenvalue weighted by atomic mass is 9.96. The Balaban J connectivity index is 1.91. The molecule has 2 rings (SSSR count). The topological polar surface area (TPSA) is 35.9 Å². The number of allylic oxidation sites excluding steroid dienone is 6. The molecule has 1 heterocycles. The molecule has 0 saturated carbocycles. The van der Waals surface area contributed by atoms with E-state index in [9.17, 15) is 0 Å². The second-order valence-electron chi connectivity index (χ2n) is 4.89. The molecule has 0 fully saturated rings. The van der Waals surface area contributed by atoms with Gasteiger partial charge in [0.25, 0.3) is 0 Å². The van der Waals surface area contributed by atoms with Gasteiger partial charge in [-0.15, -0.1) is 11.8 Å². The molecule has 2 unspecified atom stereocenters. The zero-order chi connectivity index (χ0) is 14.5. The van der Waals surface area contributed by atoms with E-state index in [1.165, 1.54) is 32.3 Å². The molecule has 1 aliphatic heterocycles. The van der Waals surface area contributed by atoms with Crippen molar-refractivity contribution in [3.63, 3.8) is 0 Å². The standard InChI is InChI=1S/C15H18I2N2S/c1-10-7-13(16)14(17)9-11(10)8-12-3-4-15(20-12)19-6-2-5-18/h2-3,5-6,9,13,15,18-19H,4,7-8H2,1H3/b6-2-,18-5?. The van der Waals surface area contributed by atoms with Crippen LogP contribution in [0.2, 0.25) is 0 Å². The Morgan fingerprint density at radius 2 is 2.35 bits per heavy atom. The monoisotopic (exact) mass is 512 g/mol. The lowest BCUT2D eigenvalue weighted by Crippen LogP contribution is -2.17. The van der Waals surface area contributed by atoms with Crippen LogP contribution in [0.3, 0.4) is 0 Å². The first-order valence-corrected chi connectivity index (χ1v) is 9.77. The average molecular weight is 512 g/mol. The van der Waals surface area contributed by atoms with Gasteiger partial charge in [0.15, 0.2) is 0 Å². The fraction of sp³-hybridized carbons (Fsp3) is 0.400. The van der Waals surface area contributed by atoms with Crippen molar-refractivity contribution in [1.82, 2.24) is 5.32 Å². The smallest absolute Gasteiger partial charge is 0.0795 e. The molecule has 0 bridgehead atoms. The first-order chi connectivity index (χ1) is 9.60. The number of hydrogen-bond acceptors (Lipinski definition) is 3. The van der Waals surface area contributed by atoms with Crippen LogP contribution in [0.15, 0.2) is 44.1 Å². The Kier molecular flexibility index (Phi) is 6.67. The summed E-state index contributed by atoms with van der Waals surface area (Å²) in [6.07, 6.45) is 12.9. The molecule has 0 spiro atoms. The minimum atomic E-state index is 0.422. The molecule has 0 saturated heterocycles. The molecular weight excluding hydrogens is 494 g/mol. The van der Waals surface area contributed by atoms with E-state index in [2.05, 4.69) is 69.6 Å². The van der Waals surface area contributed by atoms with Gasteiger partial charge in [0, 0.05) is 20.1 Å². The fourth-order valence-electron chi connectivity index (χ4n) is 2.21. The van der Waals surface area contributed by atoms with Gasteiger partial charge < -0.3 is 10.7 Å². The Labute approximate surface area is 152 Å². The minimum Gasteiger partial charge on any atom is -0.379 e. The van der Waals surface area contributed by atoms with E-state index in [1.54, 1.807) is 6.08 Å². The Morgan fingerprint density at radius 3 is 3.10 bits per heavy atom. The van der Waals surface area contributed by atoms with Crippen LogP contribution in [0.5, 0.6) is 0 Å². The predicted octanol–water partition coefficient (Wildman–Crippen LogP) is 5.32. The highest BCUT2D eigenvalue weighted by Crippen LogP contribution is 2.40. The maximum Gasteiger partial charge on any atom is 0.0795 e. The third kappa shape index (κ3) is 4.62. The molecule has 2 aliphatic rings. The second kappa shape index (κ2) is 8.03. The molecule has 2 atom stereocenters. The van der Waals surface area contributed by atoms with Crippen molar-refractivity contribution in [2.24, 2.45) is 0 Å². The summed E-state index contributed by atoms with van der Waals surface area (Å²) in [6.45, 7) is 2.27. The number of alkyl halides is 1. The van der Waals surface area contributed by atoms with Gasteiger partial charge in [0.1, 0.15) is 0 Å². The van der Waals surface area contributed by atoms with Gasteiger partial charge in [0.05, 0.1) is 5.37 Å². The maximum atomic E-state index is 6.96. The van der Waals surface area contributed by atoms with Crippen molar-refractivity contribution in [2.75, 3.05) is 0 Å². The first kappa shape index (κ1) is 16.6. The lowest BCUT2D eigenvalue weighted by Gasteiger charge is -2.20. The van der Waals surface area contributed by atoms with Gasteiger partial charge >= 0.3 is 0 Å². The molecule has 20 heavy (non-hydrogen) atoms. The van der Waals surface area contributed by atoms with Gasteiger partial charge in [-0.25, -0.2) is 0 Å². The molecule has 0 amide bonds. The van der Waals surface area contributed by atoms with Crippen molar-refractivity contribution < 1.29 is 0 Å². The van der Waals surface area contributed by atoms with Crippen molar-refractivity contribution in [2.45, 2.75) is 35.5 Å². The molecule has 108 valence electrons. The zero-order valence-electron chi connectivity index (χ0n) is 11.3. The van der Waals surface area contributed by atoms with Crippen molar-refractivity contribution >= 4 is 63.2 Å². The van der Waals surface area contributed by atoms with E-state index < -0.39 is 0 Å². The fourth-order valence-corrected chi connectivity index (χ4v) is 4.78. The molecule has 1 aliphatic carbocycles. The van der Waals surface area contributed by atoms with E-state index in [-0.39, 0.29) is 0 Å². The SMILES string of the molecule is CC1=C(CC2=CCC(N/C=C\C=N)S2)C=C(I)C(I)C1. The summed E-state index contributed by atoms with van der Waals surface area (Å²) in [4.78, 5) is 1.47. The van der Waals surface area contributed by atoms with Crippen LogP contribution < -0.4 is 5.32 Å². The predicted molar refractivity (Wildman–Crippen MR) is 107 cm³/mol. The van der Waals surface area contributed by atoms with Gasteiger partial charge in [-0.05, 0) is 71.2 Å². The molecular formula is C15H18I2N2S. The van der Waals surface area contributed by atoms with E-state index in [0.717, 1.165) is 12.8 Å². The van der Waals surface area contributed by atoms with Crippen LogP contribution >= 0.6 is 56.9 Å². The Hall–Kier alpha value is 0.240. The summed E-state index contributed by atoms with van der Waals surface area (Å²) in [5.41, 5.74) is 3.03. The summed E-state index contributed by atoms with van der Waals surface area (Å²) >= 11 is 6.92. The number of thioether (sulfide) groups is 1. The van der Waals surface area contributed by atoms with Crippen LogP contribution in [0.25, 0.3) is 0 Å². The highest BCUT2D eigenvalue weighted by atomic mass is 127. The number of hydrogen-bond donors (Lipinski definition) is 2. The maximum absolute atomic E-state index is 6.96. The molecule has 5 heteroatoms. The highest BCUT2D eigenvalue weighted by Gasteiger charge is 2.21. The summed E-state index contributed by atoms with van der Waals surface area (Å²) in [6, 6.07) is 0. The largest absolute Gasteiger partial charge is 0.379 e. The normalized spacial score (nSPS) is 26.8. The summed E-state index contributed by atoms with van der Waals surface area (Å²) in [5, 5.41) is 10.7.